The van der Waals surface area contributed by atoms with Gasteiger partial charge in [0, 0.05) is 49.7 Å². The van der Waals surface area contributed by atoms with E-state index in [0.717, 1.165) is 16.8 Å². The van der Waals surface area contributed by atoms with E-state index in [2.05, 4.69) is 21.7 Å². The zero-order valence-electron chi connectivity index (χ0n) is 18.5. The first-order valence-corrected chi connectivity index (χ1v) is 13.1. The fourth-order valence-electron chi connectivity index (χ4n) is 3.44. The first-order chi connectivity index (χ1) is 15.8. The number of sulfone groups is 1. The molecule has 0 saturated heterocycles. The molecule has 9 heteroatoms. The molecule has 0 saturated carbocycles. The Morgan fingerprint density at radius 1 is 1.15 bits per heavy atom. The molecule has 0 bridgehead atoms. The van der Waals surface area contributed by atoms with Crippen molar-refractivity contribution in [3.63, 3.8) is 0 Å². The summed E-state index contributed by atoms with van der Waals surface area (Å²) in [5.41, 5.74) is 3.78. The SMILES string of the molecule is CS(=O)(=O)CC[C@@H](CNCc1cccc(Cl)c1)NCc1cncn1Cc1ccc(C#N)cc1. The van der Waals surface area contributed by atoms with Crippen molar-refractivity contribution in [1.82, 2.24) is 20.2 Å². The van der Waals surface area contributed by atoms with Gasteiger partial charge in [0.05, 0.1) is 29.4 Å². The summed E-state index contributed by atoms with van der Waals surface area (Å²) in [7, 11) is -3.05. The molecule has 0 amide bonds. The molecule has 3 rings (SSSR count). The summed E-state index contributed by atoms with van der Waals surface area (Å²) in [6.07, 6.45) is 5.35. The van der Waals surface area contributed by atoms with Crippen LogP contribution in [-0.4, -0.2) is 42.6 Å². The van der Waals surface area contributed by atoms with Crippen LogP contribution in [0.2, 0.25) is 5.02 Å². The molecule has 0 aliphatic carbocycles. The monoisotopic (exact) mass is 485 g/mol. The summed E-state index contributed by atoms with van der Waals surface area (Å²) in [4.78, 5) is 4.27. The Bertz CT molecular complexity index is 1190. The van der Waals surface area contributed by atoms with Gasteiger partial charge < -0.3 is 15.2 Å². The van der Waals surface area contributed by atoms with E-state index < -0.39 is 9.84 Å². The molecule has 1 heterocycles. The molecule has 1 atom stereocenters. The van der Waals surface area contributed by atoms with Crippen molar-refractivity contribution in [2.75, 3.05) is 18.6 Å². The van der Waals surface area contributed by atoms with E-state index in [1.807, 2.05) is 47.2 Å². The number of nitrogens with zero attached hydrogens (tertiary/aromatic N) is 3. The van der Waals surface area contributed by atoms with Crippen LogP contribution in [0.5, 0.6) is 0 Å². The molecular formula is C24H28ClN5O2S. The lowest BCUT2D eigenvalue weighted by Crippen LogP contribution is -2.39. The van der Waals surface area contributed by atoms with Crippen LogP contribution >= 0.6 is 11.6 Å². The van der Waals surface area contributed by atoms with Crippen LogP contribution in [0.1, 0.15) is 28.8 Å². The standard InChI is InChI=1S/C24H28ClN5O2S/c1-33(31,32)10-9-23(14-27-13-21-3-2-4-22(25)11-21)29-16-24-15-28-18-30(24)17-20-7-5-19(12-26)6-8-20/h2-8,11,15,18,23,27,29H,9-10,13-14,16-17H2,1H3/t23-/m0/s1. The normalized spacial score (nSPS) is 12.4. The second-order valence-electron chi connectivity index (χ2n) is 8.08. The topological polar surface area (TPSA) is 99.8 Å². The van der Waals surface area contributed by atoms with Crippen molar-refractivity contribution in [2.24, 2.45) is 0 Å². The van der Waals surface area contributed by atoms with Crippen LogP contribution in [0.15, 0.2) is 61.1 Å². The molecule has 7 nitrogen and oxygen atoms in total. The van der Waals surface area contributed by atoms with Gasteiger partial charge in [-0.3, -0.25) is 0 Å². The fourth-order valence-corrected chi connectivity index (χ4v) is 4.36. The number of halogens is 1. The first kappa shape index (κ1) is 24.9. The van der Waals surface area contributed by atoms with Crippen molar-refractivity contribution in [1.29, 1.82) is 5.26 Å². The Balaban J connectivity index is 1.59. The maximum absolute atomic E-state index is 11.7. The van der Waals surface area contributed by atoms with E-state index in [1.165, 1.54) is 6.26 Å². The van der Waals surface area contributed by atoms with Gasteiger partial charge >= 0.3 is 0 Å². The summed E-state index contributed by atoms with van der Waals surface area (Å²) in [6.45, 7) is 2.47. The van der Waals surface area contributed by atoms with E-state index in [9.17, 15) is 8.42 Å². The predicted octanol–water partition coefficient (Wildman–Crippen LogP) is 3.14. The number of aromatic nitrogens is 2. The molecule has 33 heavy (non-hydrogen) atoms. The number of hydrogen-bond donors (Lipinski definition) is 2. The Morgan fingerprint density at radius 3 is 2.64 bits per heavy atom. The second kappa shape index (κ2) is 12.0. The lowest BCUT2D eigenvalue weighted by molar-refractivity contribution is 0.452. The highest BCUT2D eigenvalue weighted by atomic mass is 35.5. The summed E-state index contributed by atoms with van der Waals surface area (Å²) in [5.74, 6) is 0.119. The third-order valence-corrected chi connectivity index (χ3v) is 6.46. The lowest BCUT2D eigenvalue weighted by atomic mass is 10.1. The van der Waals surface area contributed by atoms with Crippen molar-refractivity contribution < 1.29 is 8.42 Å². The van der Waals surface area contributed by atoms with Gasteiger partial charge in [0.2, 0.25) is 0 Å². The summed E-state index contributed by atoms with van der Waals surface area (Å²) in [6, 6.07) is 17.2. The van der Waals surface area contributed by atoms with Crippen LogP contribution in [0.3, 0.4) is 0 Å². The minimum Gasteiger partial charge on any atom is -0.329 e. The number of benzene rings is 2. The second-order valence-corrected chi connectivity index (χ2v) is 10.8. The molecule has 0 fully saturated rings. The molecule has 0 unspecified atom stereocenters. The van der Waals surface area contributed by atoms with Crippen LogP contribution in [-0.2, 0) is 29.5 Å². The molecule has 2 aromatic carbocycles. The maximum atomic E-state index is 11.7. The van der Waals surface area contributed by atoms with Gasteiger partial charge in [0.15, 0.2) is 0 Å². The quantitative estimate of drug-likeness (QED) is 0.409. The highest BCUT2D eigenvalue weighted by molar-refractivity contribution is 7.90. The van der Waals surface area contributed by atoms with Crippen LogP contribution < -0.4 is 10.6 Å². The van der Waals surface area contributed by atoms with Crippen molar-refractivity contribution in [3.05, 3.63) is 88.5 Å². The Hall–Kier alpha value is -2.70. The minimum atomic E-state index is -3.05. The predicted molar refractivity (Wildman–Crippen MR) is 131 cm³/mol. The smallest absolute Gasteiger partial charge is 0.147 e. The molecule has 0 spiro atoms. The average Bonchev–Trinajstić information content (AvgIpc) is 3.22. The highest BCUT2D eigenvalue weighted by Gasteiger charge is 2.13. The lowest BCUT2D eigenvalue weighted by Gasteiger charge is -2.20. The van der Waals surface area contributed by atoms with Crippen molar-refractivity contribution >= 4 is 21.4 Å². The zero-order valence-corrected chi connectivity index (χ0v) is 20.1. The molecule has 3 aromatic rings. The number of hydrogen-bond acceptors (Lipinski definition) is 6. The summed E-state index contributed by atoms with van der Waals surface area (Å²) >= 11 is 6.05. The molecule has 2 N–H and O–H groups in total. The molecule has 1 aromatic heterocycles. The third kappa shape index (κ3) is 8.63. The van der Waals surface area contributed by atoms with Crippen molar-refractivity contribution in [2.45, 2.75) is 32.1 Å². The largest absolute Gasteiger partial charge is 0.329 e. The van der Waals surface area contributed by atoms with Crippen LogP contribution in [0, 0.1) is 11.3 Å². The molecular weight excluding hydrogens is 458 g/mol. The fraction of sp³-hybridized carbons (Fsp3) is 0.333. The molecule has 0 aliphatic rings. The van der Waals surface area contributed by atoms with Crippen molar-refractivity contribution in [3.8, 4) is 6.07 Å². The number of nitrogens with one attached hydrogen (secondary N) is 2. The Kier molecular flexibility index (Phi) is 9.03. The number of imidazole rings is 1. The van der Waals surface area contributed by atoms with E-state index in [1.54, 1.807) is 18.5 Å². The van der Waals surface area contributed by atoms with Crippen LogP contribution in [0.4, 0.5) is 0 Å². The van der Waals surface area contributed by atoms with Gasteiger partial charge in [0.1, 0.15) is 9.84 Å². The van der Waals surface area contributed by atoms with E-state index in [0.29, 0.717) is 43.2 Å². The Morgan fingerprint density at radius 2 is 1.94 bits per heavy atom. The van der Waals surface area contributed by atoms with Gasteiger partial charge in [-0.05, 0) is 41.8 Å². The summed E-state index contributed by atoms with van der Waals surface area (Å²) in [5, 5.41) is 16.5. The van der Waals surface area contributed by atoms with E-state index in [4.69, 9.17) is 16.9 Å². The Labute approximate surface area is 200 Å². The van der Waals surface area contributed by atoms with Gasteiger partial charge in [0.25, 0.3) is 0 Å². The minimum absolute atomic E-state index is 0.0304. The average molecular weight is 486 g/mol. The first-order valence-electron chi connectivity index (χ1n) is 10.7. The van der Waals surface area contributed by atoms with E-state index >= 15 is 0 Å². The third-order valence-electron chi connectivity index (χ3n) is 5.25. The van der Waals surface area contributed by atoms with Gasteiger partial charge in [-0.1, -0.05) is 35.9 Å². The molecule has 0 aliphatic heterocycles. The van der Waals surface area contributed by atoms with Gasteiger partial charge in [-0.2, -0.15) is 5.26 Å². The maximum Gasteiger partial charge on any atom is 0.147 e. The number of rotatable bonds is 12. The van der Waals surface area contributed by atoms with E-state index in [-0.39, 0.29) is 11.8 Å². The summed E-state index contributed by atoms with van der Waals surface area (Å²) < 4.78 is 25.5. The molecule has 174 valence electrons. The number of nitriles is 1. The van der Waals surface area contributed by atoms with Crippen LogP contribution in [0.25, 0.3) is 0 Å². The molecule has 0 radical (unpaired) electrons. The highest BCUT2D eigenvalue weighted by Crippen LogP contribution is 2.11. The van der Waals surface area contributed by atoms with Gasteiger partial charge in [-0.25, -0.2) is 13.4 Å². The zero-order chi connectivity index (χ0) is 23.7. The van der Waals surface area contributed by atoms with Gasteiger partial charge in [-0.15, -0.1) is 0 Å².